The molecule has 2 N–H and O–H groups in total. The number of nitrogens with zero attached hydrogens (tertiary/aromatic N) is 1. The fourth-order valence-corrected chi connectivity index (χ4v) is 2.28. The summed E-state index contributed by atoms with van der Waals surface area (Å²) >= 11 is 1.36. The standard InChI is InChI=1S/C14H16N2O3S/c1-9(15)13-16-12(8-20-13)14(17)19-7-10-3-5-11(18-2)6-4-10/h3-6,8-9H,7,15H2,1-2H3. The maximum atomic E-state index is 11.8. The Morgan fingerprint density at radius 2 is 2.10 bits per heavy atom. The number of rotatable bonds is 5. The molecule has 0 fully saturated rings. The van der Waals surface area contributed by atoms with Crippen LogP contribution in [-0.2, 0) is 11.3 Å². The van der Waals surface area contributed by atoms with E-state index in [0.29, 0.717) is 5.69 Å². The lowest BCUT2D eigenvalue weighted by atomic mass is 10.2. The molecular formula is C14H16N2O3S. The molecule has 2 aromatic rings. The van der Waals surface area contributed by atoms with Crippen LogP contribution in [0.2, 0.25) is 0 Å². The lowest BCUT2D eigenvalue weighted by molar-refractivity contribution is 0.0466. The smallest absolute Gasteiger partial charge is 0.358 e. The number of hydrogen-bond donors (Lipinski definition) is 1. The van der Waals surface area contributed by atoms with E-state index in [9.17, 15) is 4.79 Å². The highest BCUT2D eigenvalue weighted by Crippen LogP contribution is 2.17. The maximum absolute atomic E-state index is 11.8. The molecule has 0 aliphatic rings. The van der Waals surface area contributed by atoms with Gasteiger partial charge in [-0.05, 0) is 24.6 Å². The average molecular weight is 292 g/mol. The lowest BCUT2D eigenvalue weighted by Crippen LogP contribution is -2.08. The van der Waals surface area contributed by atoms with E-state index < -0.39 is 5.97 Å². The zero-order chi connectivity index (χ0) is 14.5. The molecular weight excluding hydrogens is 276 g/mol. The van der Waals surface area contributed by atoms with Crippen molar-refractivity contribution in [2.75, 3.05) is 7.11 Å². The Kier molecular flexibility index (Phi) is 4.70. The molecule has 0 aliphatic carbocycles. The second kappa shape index (κ2) is 6.49. The Morgan fingerprint density at radius 1 is 1.40 bits per heavy atom. The van der Waals surface area contributed by atoms with Crippen LogP contribution >= 0.6 is 11.3 Å². The number of hydrogen-bond acceptors (Lipinski definition) is 6. The monoisotopic (exact) mass is 292 g/mol. The minimum absolute atomic E-state index is 0.178. The number of carbonyl (C=O) groups is 1. The Morgan fingerprint density at radius 3 is 2.65 bits per heavy atom. The molecule has 20 heavy (non-hydrogen) atoms. The molecule has 106 valence electrons. The third kappa shape index (κ3) is 3.55. The maximum Gasteiger partial charge on any atom is 0.358 e. The largest absolute Gasteiger partial charge is 0.497 e. The van der Waals surface area contributed by atoms with Gasteiger partial charge in [0.1, 0.15) is 17.4 Å². The zero-order valence-electron chi connectivity index (χ0n) is 11.3. The van der Waals surface area contributed by atoms with Crippen molar-refractivity contribution in [1.29, 1.82) is 0 Å². The normalized spacial score (nSPS) is 11.9. The molecule has 0 saturated carbocycles. The third-order valence-electron chi connectivity index (χ3n) is 2.65. The molecule has 0 aliphatic heterocycles. The van der Waals surface area contributed by atoms with Crippen molar-refractivity contribution in [3.8, 4) is 5.75 Å². The van der Waals surface area contributed by atoms with Gasteiger partial charge in [0.15, 0.2) is 5.69 Å². The zero-order valence-corrected chi connectivity index (χ0v) is 12.1. The van der Waals surface area contributed by atoms with Crippen molar-refractivity contribution >= 4 is 17.3 Å². The summed E-state index contributed by atoms with van der Waals surface area (Å²) in [4.78, 5) is 16.0. The number of thiazole rings is 1. The highest BCUT2D eigenvalue weighted by Gasteiger charge is 2.14. The number of aromatic nitrogens is 1. The van der Waals surface area contributed by atoms with E-state index in [-0.39, 0.29) is 12.6 Å². The second-order valence-electron chi connectivity index (χ2n) is 4.28. The van der Waals surface area contributed by atoms with Gasteiger partial charge in [-0.1, -0.05) is 12.1 Å². The third-order valence-corrected chi connectivity index (χ3v) is 3.70. The number of methoxy groups -OCH3 is 1. The molecule has 0 radical (unpaired) electrons. The average Bonchev–Trinajstić information content (AvgIpc) is 2.95. The summed E-state index contributed by atoms with van der Waals surface area (Å²) < 4.78 is 10.3. The van der Waals surface area contributed by atoms with Crippen LogP contribution < -0.4 is 10.5 Å². The van der Waals surface area contributed by atoms with Gasteiger partial charge >= 0.3 is 5.97 Å². The van der Waals surface area contributed by atoms with E-state index in [1.807, 2.05) is 31.2 Å². The second-order valence-corrected chi connectivity index (χ2v) is 5.17. The Hall–Kier alpha value is -1.92. The summed E-state index contributed by atoms with van der Waals surface area (Å²) in [5, 5.41) is 2.39. The van der Waals surface area contributed by atoms with Crippen LogP contribution in [0.4, 0.5) is 0 Å². The van der Waals surface area contributed by atoms with Crippen LogP contribution in [0.1, 0.15) is 34.0 Å². The number of carbonyl (C=O) groups excluding carboxylic acids is 1. The summed E-state index contributed by atoms with van der Waals surface area (Å²) in [7, 11) is 1.60. The molecule has 1 atom stereocenters. The summed E-state index contributed by atoms with van der Waals surface area (Å²) in [6.07, 6.45) is 0. The van der Waals surface area contributed by atoms with E-state index in [1.165, 1.54) is 11.3 Å². The number of ether oxygens (including phenoxy) is 2. The topological polar surface area (TPSA) is 74.4 Å². The first kappa shape index (κ1) is 14.5. The molecule has 5 nitrogen and oxygen atoms in total. The highest BCUT2D eigenvalue weighted by molar-refractivity contribution is 7.09. The number of benzene rings is 1. The SMILES string of the molecule is COc1ccc(COC(=O)c2csc(C(C)N)n2)cc1. The van der Waals surface area contributed by atoms with Gasteiger partial charge in [0.25, 0.3) is 0 Å². The van der Waals surface area contributed by atoms with Crippen LogP contribution in [-0.4, -0.2) is 18.1 Å². The number of esters is 1. The van der Waals surface area contributed by atoms with Crippen molar-refractivity contribution < 1.29 is 14.3 Å². The quantitative estimate of drug-likeness (QED) is 0.857. The molecule has 1 aromatic heterocycles. The molecule has 2 rings (SSSR count). The molecule has 0 amide bonds. The summed E-state index contributed by atoms with van der Waals surface area (Å²) in [5.74, 6) is 0.324. The molecule has 1 unspecified atom stereocenters. The van der Waals surface area contributed by atoms with Crippen LogP contribution in [0.3, 0.4) is 0 Å². The molecule has 6 heteroatoms. The van der Waals surface area contributed by atoms with Gasteiger partial charge in [0.2, 0.25) is 0 Å². The van der Waals surface area contributed by atoms with Crippen LogP contribution in [0, 0.1) is 0 Å². The number of nitrogens with two attached hydrogens (primary N) is 1. The van der Waals surface area contributed by atoms with E-state index >= 15 is 0 Å². The Bertz CT molecular complexity index is 578. The van der Waals surface area contributed by atoms with Gasteiger partial charge in [-0.15, -0.1) is 11.3 Å². The van der Waals surface area contributed by atoms with Gasteiger partial charge in [0, 0.05) is 5.38 Å². The summed E-state index contributed by atoms with van der Waals surface area (Å²) in [5.41, 5.74) is 6.90. The van der Waals surface area contributed by atoms with E-state index in [4.69, 9.17) is 15.2 Å². The van der Waals surface area contributed by atoms with Crippen molar-refractivity contribution in [2.45, 2.75) is 19.6 Å². The first-order valence-electron chi connectivity index (χ1n) is 6.11. The molecule has 0 bridgehead atoms. The van der Waals surface area contributed by atoms with Crippen molar-refractivity contribution in [3.63, 3.8) is 0 Å². The van der Waals surface area contributed by atoms with Crippen LogP contribution in [0.15, 0.2) is 29.6 Å². The summed E-state index contributed by atoms with van der Waals surface area (Å²) in [6.45, 7) is 2.03. The van der Waals surface area contributed by atoms with Gasteiger partial charge in [-0.3, -0.25) is 0 Å². The Labute approximate surface area is 121 Å². The lowest BCUT2D eigenvalue weighted by Gasteiger charge is -2.04. The minimum atomic E-state index is -0.441. The first-order chi connectivity index (χ1) is 9.60. The van der Waals surface area contributed by atoms with Crippen LogP contribution in [0.5, 0.6) is 5.75 Å². The Balaban J connectivity index is 1.93. The van der Waals surface area contributed by atoms with Crippen molar-refractivity contribution in [3.05, 3.63) is 45.9 Å². The van der Waals surface area contributed by atoms with Gasteiger partial charge in [-0.2, -0.15) is 0 Å². The minimum Gasteiger partial charge on any atom is -0.497 e. The molecule has 1 heterocycles. The van der Waals surface area contributed by atoms with Gasteiger partial charge in [0.05, 0.1) is 13.2 Å². The van der Waals surface area contributed by atoms with E-state index in [2.05, 4.69) is 4.98 Å². The van der Waals surface area contributed by atoms with Crippen molar-refractivity contribution in [2.24, 2.45) is 5.73 Å². The van der Waals surface area contributed by atoms with Gasteiger partial charge < -0.3 is 15.2 Å². The summed E-state index contributed by atoms with van der Waals surface area (Å²) in [6, 6.07) is 7.16. The van der Waals surface area contributed by atoms with Gasteiger partial charge in [-0.25, -0.2) is 9.78 Å². The first-order valence-corrected chi connectivity index (χ1v) is 6.99. The predicted octanol–water partition coefficient (Wildman–Crippen LogP) is 2.53. The van der Waals surface area contributed by atoms with Crippen molar-refractivity contribution in [1.82, 2.24) is 4.98 Å². The molecule has 1 aromatic carbocycles. The fourth-order valence-electron chi connectivity index (χ4n) is 1.54. The fraction of sp³-hybridized carbons (Fsp3) is 0.286. The molecule has 0 spiro atoms. The van der Waals surface area contributed by atoms with E-state index in [1.54, 1.807) is 12.5 Å². The van der Waals surface area contributed by atoms with E-state index in [0.717, 1.165) is 16.3 Å². The predicted molar refractivity (Wildman–Crippen MR) is 76.8 cm³/mol. The van der Waals surface area contributed by atoms with Crippen LogP contribution in [0.25, 0.3) is 0 Å². The highest BCUT2D eigenvalue weighted by atomic mass is 32.1. The molecule has 0 saturated heterocycles.